The summed E-state index contributed by atoms with van der Waals surface area (Å²) in [5, 5.41) is 22.0. The number of rotatable bonds is 5. The standard InChI is InChI=1S/C30H26N8O/c31-14-21-7-1-2-8-22(21)16-38-28-27(25(15-32)29(38)36-13-5-9-23(33)17-36)35-19-37(30(28)39)18-26-24-10-4-3-6-20(24)11-12-34-26/h1-4,6-8,10-12,19,23H,5,9,13,16-18,33H2/t23-/m0/s1. The summed E-state index contributed by atoms with van der Waals surface area (Å²) < 4.78 is 3.39. The first-order valence-corrected chi connectivity index (χ1v) is 12.9. The summed E-state index contributed by atoms with van der Waals surface area (Å²) in [7, 11) is 0. The third-order valence-electron chi connectivity index (χ3n) is 7.41. The molecule has 1 aliphatic rings. The van der Waals surface area contributed by atoms with Gasteiger partial charge in [-0.15, -0.1) is 0 Å². The second-order valence-corrected chi connectivity index (χ2v) is 9.87. The number of pyridine rings is 1. The van der Waals surface area contributed by atoms with E-state index in [9.17, 15) is 15.3 Å². The van der Waals surface area contributed by atoms with Crippen molar-refractivity contribution in [1.29, 1.82) is 10.5 Å². The molecule has 0 unspecified atom stereocenters. The second-order valence-electron chi connectivity index (χ2n) is 9.87. The van der Waals surface area contributed by atoms with Crippen molar-refractivity contribution in [3.8, 4) is 12.1 Å². The van der Waals surface area contributed by atoms with E-state index in [1.807, 2.05) is 53.1 Å². The van der Waals surface area contributed by atoms with Crippen molar-refractivity contribution >= 4 is 27.6 Å². The lowest BCUT2D eigenvalue weighted by atomic mass is 10.1. The van der Waals surface area contributed by atoms with Crippen LogP contribution in [0.1, 0.15) is 35.2 Å². The van der Waals surface area contributed by atoms with E-state index < -0.39 is 0 Å². The highest BCUT2D eigenvalue weighted by Gasteiger charge is 2.29. The molecule has 3 aromatic heterocycles. The molecule has 0 aliphatic carbocycles. The van der Waals surface area contributed by atoms with Crippen LogP contribution in [0, 0.1) is 22.7 Å². The minimum Gasteiger partial charge on any atom is -0.355 e. The van der Waals surface area contributed by atoms with Gasteiger partial charge in [0.25, 0.3) is 5.56 Å². The number of fused-ring (bicyclic) bond motifs is 2. The van der Waals surface area contributed by atoms with Crippen molar-refractivity contribution in [3.63, 3.8) is 0 Å². The maximum atomic E-state index is 14.1. The SMILES string of the molecule is N#Cc1ccccc1Cn1c(N2CCC[C@H](N)C2)c(C#N)c2ncn(Cc3nccc4ccccc34)c(=O)c21. The summed E-state index contributed by atoms with van der Waals surface area (Å²) in [4.78, 5) is 25.4. The van der Waals surface area contributed by atoms with Crippen molar-refractivity contribution in [2.45, 2.75) is 32.0 Å². The maximum absolute atomic E-state index is 14.1. The van der Waals surface area contributed by atoms with Gasteiger partial charge in [0.2, 0.25) is 0 Å². The van der Waals surface area contributed by atoms with Crippen LogP contribution in [0.3, 0.4) is 0 Å². The summed E-state index contributed by atoms with van der Waals surface area (Å²) in [6, 6.07) is 21.7. The Balaban J connectivity index is 1.57. The van der Waals surface area contributed by atoms with Gasteiger partial charge < -0.3 is 15.2 Å². The van der Waals surface area contributed by atoms with Gasteiger partial charge in [0.15, 0.2) is 0 Å². The fourth-order valence-electron chi connectivity index (χ4n) is 5.56. The Morgan fingerprint density at radius 3 is 2.64 bits per heavy atom. The first-order valence-electron chi connectivity index (χ1n) is 12.9. The third-order valence-corrected chi connectivity index (χ3v) is 7.41. The largest absolute Gasteiger partial charge is 0.355 e. The number of hydrogen-bond donors (Lipinski definition) is 1. The molecule has 5 aromatic rings. The molecule has 9 heteroatoms. The van der Waals surface area contributed by atoms with E-state index in [1.54, 1.807) is 12.3 Å². The average molecular weight is 515 g/mol. The Morgan fingerprint density at radius 1 is 1.00 bits per heavy atom. The van der Waals surface area contributed by atoms with Gasteiger partial charge >= 0.3 is 0 Å². The van der Waals surface area contributed by atoms with Crippen LogP contribution in [0.4, 0.5) is 5.82 Å². The van der Waals surface area contributed by atoms with Crippen LogP contribution in [-0.2, 0) is 13.1 Å². The molecule has 2 aromatic carbocycles. The lowest BCUT2D eigenvalue weighted by Gasteiger charge is -2.33. The molecule has 39 heavy (non-hydrogen) atoms. The second kappa shape index (κ2) is 10.1. The van der Waals surface area contributed by atoms with E-state index in [4.69, 9.17) is 5.73 Å². The van der Waals surface area contributed by atoms with Gasteiger partial charge in [-0.2, -0.15) is 10.5 Å². The maximum Gasteiger partial charge on any atom is 0.278 e. The zero-order valence-corrected chi connectivity index (χ0v) is 21.3. The van der Waals surface area contributed by atoms with E-state index in [-0.39, 0.29) is 24.7 Å². The van der Waals surface area contributed by atoms with E-state index in [0.29, 0.717) is 41.1 Å². The van der Waals surface area contributed by atoms with Gasteiger partial charge in [-0.05, 0) is 35.9 Å². The highest BCUT2D eigenvalue weighted by atomic mass is 16.1. The molecule has 1 fully saturated rings. The van der Waals surface area contributed by atoms with Crippen molar-refractivity contribution in [1.82, 2.24) is 19.1 Å². The number of hydrogen-bond acceptors (Lipinski definition) is 7. The number of nitrogens with zero attached hydrogens (tertiary/aromatic N) is 7. The van der Waals surface area contributed by atoms with Gasteiger partial charge in [0.05, 0.1) is 36.7 Å². The van der Waals surface area contributed by atoms with E-state index >= 15 is 0 Å². The summed E-state index contributed by atoms with van der Waals surface area (Å²) in [5.74, 6) is 0.626. The highest BCUT2D eigenvalue weighted by molar-refractivity contribution is 5.89. The molecule has 192 valence electrons. The predicted octanol–water partition coefficient (Wildman–Crippen LogP) is 3.51. The van der Waals surface area contributed by atoms with Crippen LogP contribution in [0.25, 0.3) is 21.8 Å². The zero-order chi connectivity index (χ0) is 26.9. The Hall–Kier alpha value is -4.99. The van der Waals surface area contributed by atoms with Crippen LogP contribution in [-0.4, -0.2) is 38.2 Å². The van der Waals surface area contributed by atoms with Gasteiger partial charge in [-0.25, -0.2) is 4.98 Å². The van der Waals surface area contributed by atoms with Crippen LogP contribution in [0.5, 0.6) is 0 Å². The minimum atomic E-state index is -0.270. The van der Waals surface area contributed by atoms with Crippen LogP contribution in [0.2, 0.25) is 0 Å². The minimum absolute atomic E-state index is 0.0368. The normalized spacial score (nSPS) is 15.4. The van der Waals surface area contributed by atoms with Crippen molar-refractivity contribution in [2.75, 3.05) is 18.0 Å². The molecular weight excluding hydrogens is 488 g/mol. The van der Waals surface area contributed by atoms with Crippen molar-refractivity contribution in [2.24, 2.45) is 5.73 Å². The molecule has 0 radical (unpaired) electrons. The zero-order valence-electron chi connectivity index (χ0n) is 21.3. The monoisotopic (exact) mass is 514 g/mol. The van der Waals surface area contributed by atoms with Gasteiger partial charge in [0.1, 0.15) is 28.5 Å². The van der Waals surface area contributed by atoms with E-state index in [0.717, 1.165) is 34.9 Å². The Labute approximate surface area is 225 Å². The topological polar surface area (TPSA) is 130 Å². The summed E-state index contributed by atoms with van der Waals surface area (Å²) >= 11 is 0. The van der Waals surface area contributed by atoms with Gasteiger partial charge in [-0.1, -0.05) is 42.5 Å². The van der Waals surface area contributed by atoms with Crippen molar-refractivity contribution in [3.05, 3.63) is 99.9 Å². The van der Waals surface area contributed by atoms with Gasteiger partial charge in [-0.3, -0.25) is 14.3 Å². The summed E-state index contributed by atoms with van der Waals surface area (Å²) in [6.45, 7) is 1.76. The Bertz CT molecular complexity index is 1850. The summed E-state index contributed by atoms with van der Waals surface area (Å²) in [5.41, 5.74) is 9.11. The molecule has 0 saturated carbocycles. The fourth-order valence-corrected chi connectivity index (χ4v) is 5.56. The third kappa shape index (κ3) is 4.29. The Kier molecular flexibility index (Phi) is 6.28. The van der Waals surface area contributed by atoms with E-state index in [1.165, 1.54) is 10.9 Å². The molecule has 0 amide bonds. The van der Waals surface area contributed by atoms with E-state index in [2.05, 4.69) is 27.0 Å². The lowest BCUT2D eigenvalue weighted by Crippen LogP contribution is -2.44. The average Bonchev–Trinajstić information content (AvgIpc) is 3.28. The molecule has 1 atom stereocenters. The molecule has 0 bridgehead atoms. The molecule has 4 heterocycles. The lowest BCUT2D eigenvalue weighted by molar-refractivity contribution is 0.498. The quantitative estimate of drug-likeness (QED) is 0.380. The smallest absolute Gasteiger partial charge is 0.278 e. The fraction of sp³-hybridized carbons (Fsp3) is 0.233. The molecule has 1 saturated heterocycles. The van der Waals surface area contributed by atoms with Crippen LogP contribution < -0.4 is 16.2 Å². The van der Waals surface area contributed by atoms with Crippen molar-refractivity contribution < 1.29 is 0 Å². The number of nitriles is 2. The van der Waals surface area contributed by atoms with Gasteiger partial charge in [0, 0.05) is 30.7 Å². The predicted molar refractivity (Wildman–Crippen MR) is 149 cm³/mol. The van der Waals surface area contributed by atoms with Crippen LogP contribution in [0.15, 0.2) is 71.9 Å². The first kappa shape index (κ1) is 24.4. The molecule has 0 spiro atoms. The highest BCUT2D eigenvalue weighted by Crippen LogP contribution is 2.33. The number of aromatic nitrogens is 4. The number of benzene rings is 2. The number of piperidine rings is 1. The molecule has 9 nitrogen and oxygen atoms in total. The first-order chi connectivity index (χ1) is 19.1. The molecule has 2 N–H and O–H groups in total. The molecule has 1 aliphatic heterocycles. The van der Waals surface area contributed by atoms with Crippen LogP contribution >= 0.6 is 0 Å². The molecule has 6 rings (SSSR count). The number of nitrogens with two attached hydrogens (primary N) is 1. The summed E-state index contributed by atoms with van der Waals surface area (Å²) in [6.07, 6.45) is 5.02. The number of anilines is 1. The Morgan fingerprint density at radius 2 is 1.82 bits per heavy atom. The molecular formula is C30H26N8O.